The Morgan fingerprint density at radius 2 is 1.85 bits per heavy atom. The number of para-hydroxylation sites is 1. The number of ether oxygens (including phenoxy) is 1. The molecule has 0 saturated heterocycles. The molecule has 0 bridgehead atoms. The van der Waals surface area contributed by atoms with Crippen molar-refractivity contribution in [2.75, 3.05) is 18.5 Å². The van der Waals surface area contributed by atoms with Crippen LogP contribution in [-0.2, 0) is 4.79 Å². The van der Waals surface area contributed by atoms with Gasteiger partial charge in [-0.25, -0.2) is 4.79 Å². The van der Waals surface area contributed by atoms with E-state index in [0.717, 1.165) is 11.3 Å². The van der Waals surface area contributed by atoms with E-state index in [9.17, 15) is 9.59 Å². The Bertz CT molecular complexity index is 719. The minimum Gasteiger partial charge on any atom is -0.494 e. The van der Waals surface area contributed by atoms with Crippen LogP contribution in [0.25, 0.3) is 0 Å². The van der Waals surface area contributed by atoms with Crippen LogP contribution in [0.3, 0.4) is 0 Å². The number of anilines is 1. The van der Waals surface area contributed by atoms with Gasteiger partial charge in [0.15, 0.2) is 0 Å². The smallest absolute Gasteiger partial charge is 0.315 e. The first kappa shape index (κ1) is 19.3. The number of benzene rings is 2. The van der Waals surface area contributed by atoms with E-state index in [1.54, 1.807) is 0 Å². The molecule has 26 heavy (non-hydrogen) atoms. The van der Waals surface area contributed by atoms with Crippen LogP contribution in [0.5, 0.6) is 5.75 Å². The average Bonchev–Trinajstić information content (AvgIpc) is 2.62. The highest BCUT2D eigenvalue weighted by Crippen LogP contribution is 2.17. The lowest BCUT2D eigenvalue weighted by atomic mass is 10.1. The minimum atomic E-state index is -0.234. The van der Waals surface area contributed by atoms with Crippen molar-refractivity contribution >= 4 is 17.6 Å². The van der Waals surface area contributed by atoms with Crippen molar-refractivity contribution in [3.8, 4) is 5.75 Å². The topological polar surface area (TPSA) is 79.5 Å². The third-order valence-corrected chi connectivity index (χ3v) is 3.67. The first-order valence-corrected chi connectivity index (χ1v) is 8.64. The lowest BCUT2D eigenvalue weighted by Crippen LogP contribution is -2.37. The summed E-state index contributed by atoms with van der Waals surface area (Å²) < 4.78 is 5.58. The third kappa shape index (κ3) is 6.84. The Labute approximate surface area is 153 Å². The maximum Gasteiger partial charge on any atom is 0.315 e. The van der Waals surface area contributed by atoms with E-state index >= 15 is 0 Å². The molecule has 0 radical (unpaired) electrons. The molecule has 0 saturated carbocycles. The number of nitrogens with one attached hydrogen (secondary N) is 3. The second-order valence-corrected chi connectivity index (χ2v) is 5.94. The Kier molecular flexibility index (Phi) is 7.49. The van der Waals surface area contributed by atoms with Gasteiger partial charge in [0.25, 0.3) is 0 Å². The molecule has 2 aromatic rings. The van der Waals surface area contributed by atoms with Crippen molar-refractivity contribution < 1.29 is 14.3 Å². The molecule has 2 rings (SSSR count). The molecular formula is C20H25N3O3. The van der Waals surface area contributed by atoms with E-state index in [4.69, 9.17) is 4.74 Å². The van der Waals surface area contributed by atoms with Crippen LogP contribution in [-0.4, -0.2) is 25.1 Å². The predicted octanol–water partition coefficient (Wildman–Crippen LogP) is 3.47. The SMILES string of the molecule is CC(=O)Nc1cccc(C(C)NC(=O)NCCCOc2ccccc2)c1. The van der Waals surface area contributed by atoms with E-state index in [1.165, 1.54) is 6.92 Å². The van der Waals surface area contributed by atoms with Crippen LogP contribution in [0.4, 0.5) is 10.5 Å². The van der Waals surface area contributed by atoms with Crippen molar-refractivity contribution in [3.05, 3.63) is 60.2 Å². The number of amides is 3. The summed E-state index contributed by atoms with van der Waals surface area (Å²) in [6, 6.07) is 16.6. The van der Waals surface area contributed by atoms with Gasteiger partial charge in [-0.3, -0.25) is 4.79 Å². The summed E-state index contributed by atoms with van der Waals surface area (Å²) in [5.41, 5.74) is 1.63. The molecule has 0 fully saturated rings. The fraction of sp³-hybridized carbons (Fsp3) is 0.300. The molecule has 6 nitrogen and oxygen atoms in total. The standard InChI is InChI=1S/C20H25N3O3/c1-15(17-8-6-9-18(14-17)23-16(2)24)22-20(25)21-12-7-13-26-19-10-4-3-5-11-19/h3-6,8-11,14-15H,7,12-13H2,1-2H3,(H,23,24)(H2,21,22,25). The van der Waals surface area contributed by atoms with Crippen molar-refractivity contribution in [1.29, 1.82) is 0 Å². The second-order valence-electron chi connectivity index (χ2n) is 5.94. The van der Waals surface area contributed by atoms with E-state index in [-0.39, 0.29) is 18.0 Å². The number of urea groups is 1. The minimum absolute atomic E-state index is 0.127. The van der Waals surface area contributed by atoms with Gasteiger partial charge in [-0.15, -0.1) is 0 Å². The Balaban J connectivity index is 1.69. The van der Waals surface area contributed by atoms with Gasteiger partial charge in [0, 0.05) is 19.2 Å². The van der Waals surface area contributed by atoms with Gasteiger partial charge in [-0.2, -0.15) is 0 Å². The lowest BCUT2D eigenvalue weighted by Gasteiger charge is -2.16. The third-order valence-electron chi connectivity index (χ3n) is 3.67. The summed E-state index contributed by atoms with van der Waals surface area (Å²) in [7, 11) is 0. The van der Waals surface area contributed by atoms with E-state index in [2.05, 4.69) is 16.0 Å². The van der Waals surface area contributed by atoms with Gasteiger partial charge in [0.2, 0.25) is 5.91 Å². The monoisotopic (exact) mass is 355 g/mol. The number of carbonyl (C=O) groups excluding carboxylic acids is 2. The Morgan fingerprint density at radius 1 is 1.08 bits per heavy atom. The van der Waals surface area contributed by atoms with Crippen LogP contribution < -0.4 is 20.7 Å². The quantitative estimate of drug-likeness (QED) is 0.634. The maximum atomic E-state index is 12.0. The van der Waals surface area contributed by atoms with Gasteiger partial charge in [-0.05, 0) is 43.2 Å². The highest BCUT2D eigenvalue weighted by molar-refractivity contribution is 5.88. The summed E-state index contributed by atoms with van der Waals surface area (Å²) in [6.07, 6.45) is 0.717. The van der Waals surface area contributed by atoms with Gasteiger partial charge in [0.1, 0.15) is 5.75 Å². The van der Waals surface area contributed by atoms with E-state index in [0.29, 0.717) is 25.3 Å². The first-order valence-electron chi connectivity index (χ1n) is 8.64. The zero-order valence-corrected chi connectivity index (χ0v) is 15.1. The fourth-order valence-electron chi connectivity index (χ4n) is 2.40. The lowest BCUT2D eigenvalue weighted by molar-refractivity contribution is -0.114. The molecule has 1 atom stereocenters. The zero-order valence-electron chi connectivity index (χ0n) is 15.1. The van der Waals surface area contributed by atoms with Crippen LogP contribution in [0, 0.1) is 0 Å². The number of rotatable bonds is 8. The molecule has 0 aliphatic heterocycles. The summed E-state index contributed by atoms with van der Waals surface area (Å²) in [5, 5.41) is 8.43. The summed E-state index contributed by atoms with van der Waals surface area (Å²) in [5.74, 6) is 0.697. The fourth-order valence-corrected chi connectivity index (χ4v) is 2.40. The van der Waals surface area contributed by atoms with Crippen LogP contribution in [0.2, 0.25) is 0 Å². The van der Waals surface area contributed by atoms with Crippen LogP contribution in [0.15, 0.2) is 54.6 Å². The summed E-state index contributed by atoms with van der Waals surface area (Å²) in [6.45, 7) is 4.42. The molecule has 1 unspecified atom stereocenters. The van der Waals surface area contributed by atoms with Crippen molar-refractivity contribution in [3.63, 3.8) is 0 Å². The molecule has 3 amide bonds. The van der Waals surface area contributed by atoms with Gasteiger partial charge < -0.3 is 20.7 Å². The second kappa shape index (κ2) is 10.1. The summed E-state index contributed by atoms with van der Waals surface area (Å²) >= 11 is 0. The van der Waals surface area contributed by atoms with E-state index in [1.807, 2.05) is 61.5 Å². The molecule has 0 aromatic heterocycles. The van der Waals surface area contributed by atoms with Gasteiger partial charge in [0.05, 0.1) is 12.6 Å². The largest absolute Gasteiger partial charge is 0.494 e. The highest BCUT2D eigenvalue weighted by Gasteiger charge is 2.09. The molecule has 6 heteroatoms. The normalized spacial score (nSPS) is 11.3. The average molecular weight is 355 g/mol. The van der Waals surface area contributed by atoms with E-state index < -0.39 is 0 Å². The molecule has 3 N–H and O–H groups in total. The van der Waals surface area contributed by atoms with Crippen molar-refractivity contribution in [2.45, 2.75) is 26.3 Å². The van der Waals surface area contributed by atoms with Gasteiger partial charge in [-0.1, -0.05) is 30.3 Å². The molecule has 0 spiro atoms. The molecule has 0 aliphatic rings. The van der Waals surface area contributed by atoms with Crippen LogP contribution in [0.1, 0.15) is 31.9 Å². The van der Waals surface area contributed by atoms with Crippen molar-refractivity contribution in [1.82, 2.24) is 10.6 Å². The first-order chi connectivity index (χ1) is 12.5. The Hall–Kier alpha value is -3.02. The predicted molar refractivity (Wildman–Crippen MR) is 102 cm³/mol. The number of carbonyl (C=O) groups is 2. The molecule has 2 aromatic carbocycles. The molecule has 138 valence electrons. The Morgan fingerprint density at radius 3 is 2.58 bits per heavy atom. The molecule has 0 heterocycles. The molecule has 0 aliphatic carbocycles. The van der Waals surface area contributed by atoms with Crippen molar-refractivity contribution in [2.24, 2.45) is 0 Å². The zero-order chi connectivity index (χ0) is 18.8. The summed E-state index contributed by atoms with van der Waals surface area (Å²) in [4.78, 5) is 23.1. The maximum absolute atomic E-state index is 12.0. The highest BCUT2D eigenvalue weighted by atomic mass is 16.5. The van der Waals surface area contributed by atoms with Gasteiger partial charge >= 0.3 is 6.03 Å². The number of hydrogen-bond donors (Lipinski definition) is 3. The van der Waals surface area contributed by atoms with Crippen LogP contribution >= 0.6 is 0 Å². The number of hydrogen-bond acceptors (Lipinski definition) is 3. The molecular weight excluding hydrogens is 330 g/mol.